The van der Waals surface area contributed by atoms with E-state index in [-0.39, 0.29) is 0 Å². The summed E-state index contributed by atoms with van der Waals surface area (Å²) in [6.45, 7) is 0. The Balaban J connectivity index is 1.64. The van der Waals surface area contributed by atoms with Crippen LogP contribution in [0.3, 0.4) is 0 Å². The van der Waals surface area contributed by atoms with Gasteiger partial charge in [0.15, 0.2) is 10.1 Å². The highest BCUT2D eigenvalue weighted by Gasteiger charge is 2.36. The zero-order chi connectivity index (χ0) is 14.4. The van der Waals surface area contributed by atoms with Gasteiger partial charge in [-0.1, -0.05) is 36.4 Å². The topological polar surface area (TPSA) is 27.7 Å². The maximum absolute atomic E-state index is 5.95. The second kappa shape index (κ2) is 4.87. The highest BCUT2D eigenvalue weighted by Crippen LogP contribution is 2.39. The lowest BCUT2D eigenvalue weighted by Gasteiger charge is -2.18. The fourth-order valence-corrected chi connectivity index (χ4v) is 3.09. The Bertz CT molecular complexity index is 693. The highest BCUT2D eigenvalue weighted by atomic mass is 32.1. The number of hydrogen-bond donors (Lipinski definition) is 0. The third-order valence-electron chi connectivity index (χ3n) is 3.54. The van der Waals surface area contributed by atoms with Gasteiger partial charge in [-0.15, -0.1) is 0 Å². The van der Waals surface area contributed by atoms with Crippen molar-refractivity contribution in [1.82, 2.24) is 0 Å². The molecule has 21 heavy (non-hydrogen) atoms. The van der Waals surface area contributed by atoms with Crippen LogP contribution in [-0.4, -0.2) is 10.1 Å². The fraction of sp³-hybridized carbons (Fsp3) is 0.125. The molecule has 2 aliphatic heterocycles. The molecule has 3 nitrogen and oxygen atoms in total. The van der Waals surface area contributed by atoms with Crippen LogP contribution >= 0.6 is 24.4 Å². The summed E-state index contributed by atoms with van der Waals surface area (Å²) in [5.41, 5.74) is 3.63. The number of thiocarbonyl (C=S) groups is 2. The highest BCUT2D eigenvalue weighted by molar-refractivity contribution is 7.80. The first-order valence-electron chi connectivity index (χ1n) is 6.49. The van der Waals surface area contributed by atoms with E-state index in [0.717, 1.165) is 22.3 Å². The molecule has 0 aromatic heterocycles. The van der Waals surface area contributed by atoms with Crippen LogP contribution in [0.5, 0.6) is 0 Å². The van der Waals surface area contributed by atoms with Crippen LogP contribution in [0.2, 0.25) is 0 Å². The van der Waals surface area contributed by atoms with Gasteiger partial charge in [0.2, 0.25) is 12.6 Å². The minimum absolute atomic E-state index is 0.449. The van der Waals surface area contributed by atoms with Crippen LogP contribution in [0.25, 0.3) is 0 Å². The molecule has 2 aromatic carbocycles. The van der Waals surface area contributed by atoms with E-state index < -0.39 is 12.6 Å². The normalized spacial score (nSPS) is 22.5. The van der Waals surface area contributed by atoms with Gasteiger partial charge in [0, 0.05) is 22.3 Å². The van der Waals surface area contributed by atoms with Crippen molar-refractivity contribution in [3.05, 3.63) is 70.8 Å². The van der Waals surface area contributed by atoms with E-state index in [1.54, 1.807) is 0 Å². The Morgan fingerprint density at radius 2 is 1.14 bits per heavy atom. The van der Waals surface area contributed by atoms with Crippen LogP contribution < -0.4 is 0 Å². The summed E-state index contributed by atoms with van der Waals surface area (Å²) in [6, 6.07) is 15.4. The van der Waals surface area contributed by atoms with E-state index in [1.807, 2.05) is 48.5 Å². The van der Waals surface area contributed by atoms with E-state index in [0.29, 0.717) is 10.1 Å². The largest absolute Gasteiger partial charge is 0.449 e. The predicted molar refractivity (Wildman–Crippen MR) is 85.0 cm³/mol. The lowest BCUT2D eigenvalue weighted by Crippen LogP contribution is -2.10. The van der Waals surface area contributed by atoms with E-state index in [9.17, 15) is 0 Å². The summed E-state index contributed by atoms with van der Waals surface area (Å²) in [4.78, 5) is 0. The molecule has 0 saturated carbocycles. The third-order valence-corrected chi connectivity index (χ3v) is 4.18. The maximum atomic E-state index is 5.95. The molecule has 2 aliphatic rings. The summed E-state index contributed by atoms with van der Waals surface area (Å²) in [5, 5.41) is 0.897. The van der Waals surface area contributed by atoms with Crippen LogP contribution in [0.4, 0.5) is 0 Å². The molecule has 0 amide bonds. The lowest BCUT2D eigenvalue weighted by molar-refractivity contribution is -0.192. The molecule has 4 rings (SSSR count). The predicted octanol–water partition coefficient (Wildman–Crippen LogP) is 3.81. The van der Waals surface area contributed by atoms with Crippen LogP contribution in [0, 0.1) is 0 Å². The van der Waals surface area contributed by atoms with Crippen molar-refractivity contribution in [3.8, 4) is 0 Å². The number of hydrogen-bond acceptors (Lipinski definition) is 5. The average Bonchev–Trinajstić information content (AvgIpc) is 3.00. The van der Waals surface area contributed by atoms with Gasteiger partial charge in [-0.25, -0.2) is 0 Å². The van der Waals surface area contributed by atoms with Gasteiger partial charge >= 0.3 is 0 Å². The lowest BCUT2D eigenvalue weighted by atomic mass is 10.1. The monoisotopic (exact) mass is 314 g/mol. The Kier molecular flexibility index (Phi) is 2.99. The van der Waals surface area contributed by atoms with Gasteiger partial charge in [0.1, 0.15) is 0 Å². The summed E-state index contributed by atoms with van der Waals surface area (Å²) in [7, 11) is 0. The minimum Gasteiger partial charge on any atom is -0.449 e. The van der Waals surface area contributed by atoms with Gasteiger partial charge < -0.3 is 9.47 Å². The first kappa shape index (κ1) is 12.9. The number of ether oxygens (including phenoxy) is 3. The molecule has 5 heteroatoms. The van der Waals surface area contributed by atoms with Crippen molar-refractivity contribution < 1.29 is 14.2 Å². The molecule has 0 radical (unpaired) electrons. The molecule has 0 bridgehead atoms. The molecule has 0 saturated heterocycles. The molecule has 0 spiro atoms. The fourth-order valence-electron chi connectivity index (χ4n) is 2.54. The smallest absolute Gasteiger partial charge is 0.232 e. The summed E-state index contributed by atoms with van der Waals surface area (Å²) >= 11 is 10.4. The number of benzene rings is 2. The van der Waals surface area contributed by atoms with Gasteiger partial charge in [-0.05, 0) is 36.6 Å². The van der Waals surface area contributed by atoms with Crippen molar-refractivity contribution in [2.45, 2.75) is 12.6 Å². The van der Waals surface area contributed by atoms with Crippen LogP contribution in [-0.2, 0) is 14.2 Å². The molecule has 0 N–H and O–H groups in total. The maximum Gasteiger partial charge on any atom is 0.232 e. The van der Waals surface area contributed by atoms with Crippen LogP contribution in [0.1, 0.15) is 34.8 Å². The first-order chi connectivity index (χ1) is 10.2. The van der Waals surface area contributed by atoms with E-state index in [4.69, 9.17) is 38.6 Å². The summed E-state index contributed by atoms with van der Waals surface area (Å²) in [5.74, 6) is 0. The molecule has 2 atom stereocenters. The van der Waals surface area contributed by atoms with Crippen molar-refractivity contribution in [1.29, 1.82) is 0 Å². The zero-order valence-electron chi connectivity index (χ0n) is 10.8. The van der Waals surface area contributed by atoms with Crippen molar-refractivity contribution in [3.63, 3.8) is 0 Å². The number of rotatable bonds is 2. The van der Waals surface area contributed by atoms with Gasteiger partial charge in [0.05, 0.1) is 0 Å². The van der Waals surface area contributed by atoms with Crippen molar-refractivity contribution in [2.75, 3.05) is 0 Å². The van der Waals surface area contributed by atoms with E-state index in [1.165, 1.54) is 0 Å². The van der Waals surface area contributed by atoms with E-state index >= 15 is 0 Å². The molecule has 0 fully saturated rings. The summed E-state index contributed by atoms with van der Waals surface area (Å²) in [6.07, 6.45) is -1.12. The minimum atomic E-state index is -0.562. The summed E-state index contributed by atoms with van der Waals surface area (Å²) < 4.78 is 17.2. The van der Waals surface area contributed by atoms with Gasteiger partial charge in [-0.2, -0.15) is 0 Å². The zero-order valence-corrected chi connectivity index (χ0v) is 12.4. The Labute approximate surface area is 132 Å². The third kappa shape index (κ3) is 2.05. The van der Waals surface area contributed by atoms with E-state index in [2.05, 4.69) is 0 Å². The Morgan fingerprint density at radius 3 is 1.62 bits per heavy atom. The first-order valence-corrected chi connectivity index (χ1v) is 7.31. The molecule has 2 aromatic rings. The molecule has 104 valence electrons. The Morgan fingerprint density at radius 1 is 0.714 bits per heavy atom. The molecular formula is C16H10O3S2. The second-order valence-electron chi connectivity index (χ2n) is 4.79. The quantitative estimate of drug-likeness (QED) is 0.786. The van der Waals surface area contributed by atoms with Crippen molar-refractivity contribution >= 4 is 34.5 Å². The standard InChI is InChI=1S/C16H10O3S2/c20-15-11-7-3-1-5-9(11)13(18-15)17-14-10-6-2-4-8-12(10)16(21)19-14/h1-8,13-14H. The second-order valence-corrected chi connectivity index (χ2v) is 5.53. The van der Waals surface area contributed by atoms with Crippen molar-refractivity contribution in [2.24, 2.45) is 0 Å². The van der Waals surface area contributed by atoms with Gasteiger partial charge in [0.25, 0.3) is 0 Å². The van der Waals surface area contributed by atoms with Crippen LogP contribution in [0.15, 0.2) is 48.5 Å². The SMILES string of the molecule is S=C1OC(OC2OC(=S)c3ccccc32)c2ccccc21. The molecule has 0 aliphatic carbocycles. The number of fused-ring (bicyclic) bond motifs is 2. The molecule has 2 heterocycles. The Hall–Kier alpha value is -1.82. The van der Waals surface area contributed by atoms with Gasteiger partial charge in [-0.3, -0.25) is 4.74 Å². The average molecular weight is 314 g/mol. The molecular weight excluding hydrogens is 304 g/mol. The molecule has 2 unspecified atom stereocenters.